The summed E-state index contributed by atoms with van der Waals surface area (Å²) in [5.41, 5.74) is 9.09. The second-order valence-corrected chi connectivity index (χ2v) is 36.9. The molecule has 0 aromatic heterocycles. The molecule has 0 amide bonds. The van der Waals surface area contributed by atoms with Crippen molar-refractivity contribution in [2.45, 2.75) is 339 Å². The lowest BCUT2D eigenvalue weighted by atomic mass is 9.83. The molecular formula is C96H134O18. The van der Waals surface area contributed by atoms with Gasteiger partial charge in [-0.3, -0.25) is 28.8 Å². The molecule has 6 aromatic rings. The Kier molecular flexibility index (Phi) is 32.5. The molecule has 6 aromatic carbocycles. The Morgan fingerprint density at radius 2 is 0.412 bits per heavy atom. The average molecular weight is 1580 g/mol. The number of rotatable bonds is 35. The molecule has 18 heteroatoms. The van der Waals surface area contributed by atoms with E-state index in [9.17, 15) is 40.2 Å². The van der Waals surface area contributed by atoms with E-state index in [1.54, 1.807) is 0 Å². The Labute approximate surface area is 679 Å². The Balaban J connectivity index is 1.61. The minimum atomic E-state index is -2.05. The summed E-state index contributed by atoms with van der Waals surface area (Å²) in [5.74, 6) is -4.34. The molecule has 114 heavy (non-hydrogen) atoms. The van der Waals surface area contributed by atoms with Crippen LogP contribution in [0.2, 0.25) is 0 Å². The molecule has 0 fully saturated rings. The molecule has 18 nitrogen and oxygen atoms in total. The molecule has 0 unspecified atom stereocenters. The SMILES string of the molecule is CCc1cc(CCC(=O)OC[C@H](OC(=O)CCc2cc(CC)c(O)c(C(C)(C)C)c2)[C@@H](OC(=O)CCc2cc(CC)c(O)c(C(C)(C)C)c2)[C@H](OC(=O)CCc2cc(CC)c(O)c(C(C)(C)C)c2)[C@@H](COC(=O)CCc2cc(CC)c(O)c(C(C)(C)C)c2)OC(=O)CCc2cc(CC)c(O)c(C(C)(C)C)c2)cc(C(C)(C)C)c1O. The van der Waals surface area contributed by atoms with Crippen molar-refractivity contribution in [1.82, 2.24) is 0 Å². The van der Waals surface area contributed by atoms with Crippen LogP contribution in [0.25, 0.3) is 0 Å². The monoisotopic (exact) mass is 1570 g/mol. The van der Waals surface area contributed by atoms with E-state index in [0.29, 0.717) is 128 Å². The van der Waals surface area contributed by atoms with Crippen molar-refractivity contribution in [2.24, 2.45) is 0 Å². The summed E-state index contributed by atoms with van der Waals surface area (Å²) in [5, 5.41) is 68.6. The van der Waals surface area contributed by atoms with Crippen LogP contribution >= 0.6 is 0 Å². The highest BCUT2D eigenvalue weighted by Gasteiger charge is 2.46. The molecule has 6 N–H and O–H groups in total. The van der Waals surface area contributed by atoms with Gasteiger partial charge in [-0.2, -0.15) is 0 Å². The first-order chi connectivity index (χ1) is 52.9. The number of phenols is 6. The van der Waals surface area contributed by atoms with Crippen molar-refractivity contribution < 1.29 is 87.8 Å². The van der Waals surface area contributed by atoms with Crippen molar-refractivity contribution in [3.05, 3.63) is 173 Å². The molecule has 0 spiro atoms. The van der Waals surface area contributed by atoms with Crippen molar-refractivity contribution >= 4 is 35.8 Å². The minimum Gasteiger partial charge on any atom is -0.507 e. The Morgan fingerprint density at radius 3 is 0.570 bits per heavy atom. The van der Waals surface area contributed by atoms with Gasteiger partial charge in [0, 0.05) is 38.5 Å². The Morgan fingerprint density at radius 1 is 0.254 bits per heavy atom. The lowest BCUT2D eigenvalue weighted by Gasteiger charge is -2.36. The molecular weight excluding hydrogens is 1440 g/mol. The highest BCUT2D eigenvalue weighted by molar-refractivity contribution is 5.75. The Hall–Kier alpha value is -9.06. The van der Waals surface area contributed by atoms with Crippen LogP contribution in [-0.2, 0) is 167 Å². The van der Waals surface area contributed by atoms with Crippen molar-refractivity contribution in [3.63, 3.8) is 0 Å². The fourth-order valence-corrected chi connectivity index (χ4v) is 14.4. The molecule has 0 aliphatic rings. The van der Waals surface area contributed by atoms with E-state index < -0.39 is 106 Å². The van der Waals surface area contributed by atoms with Gasteiger partial charge in [0.25, 0.3) is 0 Å². The summed E-state index contributed by atoms with van der Waals surface area (Å²) in [6, 6.07) is 21.9. The molecule has 6 rings (SSSR count). The number of benzene rings is 6. The van der Waals surface area contributed by atoms with Gasteiger partial charge < -0.3 is 59.1 Å². The number of hydrogen-bond acceptors (Lipinski definition) is 18. The Bertz CT molecular complexity index is 4080. The predicted octanol–water partition coefficient (Wildman–Crippen LogP) is 18.9. The molecule has 0 saturated heterocycles. The number of ether oxygens (including phenoxy) is 6. The molecule has 0 saturated carbocycles. The molecule has 626 valence electrons. The van der Waals surface area contributed by atoms with Crippen molar-refractivity contribution in [2.75, 3.05) is 13.2 Å². The first-order valence-corrected chi connectivity index (χ1v) is 41.2. The maximum absolute atomic E-state index is 15.5. The van der Waals surface area contributed by atoms with Crippen molar-refractivity contribution in [3.8, 4) is 34.5 Å². The topological polar surface area (TPSA) is 279 Å². The van der Waals surface area contributed by atoms with Crippen LogP contribution in [0.3, 0.4) is 0 Å². The van der Waals surface area contributed by atoms with Gasteiger partial charge in [-0.15, -0.1) is 0 Å². The summed E-state index contributed by atoms with van der Waals surface area (Å²) < 4.78 is 38.9. The van der Waals surface area contributed by atoms with E-state index in [2.05, 4.69) is 0 Å². The number of hydrogen-bond donors (Lipinski definition) is 6. The second kappa shape index (κ2) is 39.5. The van der Waals surface area contributed by atoms with Gasteiger partial charge in [-0.25, -0.2) is 0 Å². The van der Waals surface area contributed by atoms with Crippen LogP contribution in [0.1, 0.15) is 305 Å². The largest absolute Gasteiger partial charge is 0.507 e. The lowest BCUT2D eigenvalue weighted by Crippen LogP contribution is -2.54. The third kappa shape index (κ3) is 26.0. The molecule has 0 bridgehead atoms. The van der Waals surface area contributed by atoms with Gasteiger partial charge in [0.15, 0.2) is 24.4 Å². The van der Waals surface area contributed by atoms with Gasteiger partial charge >= 0.3 is 35.8 Å². The van der Waals surface area contributed by atoms with Gasteiger partial charge in [-0.05, 0) is 210 Å². The number of aromatic hydroxyl groups is 6. The van der Waals surface area contributed by atoms with Crippen LogP contribution in [0.15, 0.2) is 72.8 Å². The van der Waals surface area contributed by atoms with E-state index >= 15 is 19.2 Å². The van der Waals surface area contributed by atoms with Crippen LogP contribution in [0.5, 0.6) is 34.5 Å². The molecule has 0 radical (unpaired) electrons. The summed E-state index contributed by atoms with van der Waals surface area (Å²) in [7, 11) is 0. The van der Waals surface area contributed by atoms with E-state index in [-0.39, 0.29) is 112 Å². The van der Waals surface area contributed by atoms with Crippen LogP contribution in [0, 0.1) is 0 Å². The van der Waals surface area contributed by atoms with Gasteiger partial charge in [0.2, 0.25) is 0 Å². The van der Waals surface area contributed by atoms with Gasteiger partial charge in [-0.1, -0.05) is 239 Å². The summed E-state index contributed by atoms with van der Waals surface area (Å²) in [4.78, 5) is 90.7. The first-order valence-electron chi connectivity index (χ1n) is 41.2. The lowest BCUT2D eigenvalue weighted by molar-refractivity contribution is -0.209. The van der Waals surface area contributed by atoms with E-state index in [0.717, 1.165) is 11.1 Å². The average Bonchev–Trinajstić information content (AvgIpc) is 0.831. The normalized spacial score (nSPS) is 13.4. The molecule has 0 aliphatic heterocycles. The van der Waals surface area contributed by atoms with Gasteiger partial charge in [0.05, 0.1) is 0 Å². The van der Waals surface area contributed by atoms with Gasteiger partial charge in [0.1, 0.15) is 47.7 Å². The van der Waals surface area contributed by atoms with Crippen LogP contribution < -0.4 is 0 Å². The number of carbonyl (C=O) groups excluding carboxylic acids is 6. The number of phenolic OH excluding ortho intramolecular Hbond substituents is 6. The summed E-state index contributed by atoms with van der Waals surface area (Å²) in [6.07, 6.45) is -6.39. The zero-order valence-corrected chi connectivity index (χ0v) is 73.0. The van der Waals surface area contributed by atoms with E-state index in [1.807, 2.05) is 239 Å². The fourth-order valence-electron chi connectivity index (χ4n) is 14.4. The first kappa shape index (κ1) is 93.8. The third-order valence-corrected chi connectivity index (χ3v) is 21.3. The minimum absolute atomic E-state index is 0.0353. The standard InChI is InChI=1S/C96H134O18/c1-25-63-43-57(49-69(83(63)103)91(7,8)9)31-37-77(97)109-55-75(111-79(99)39-33-59-45-65(27-3)85(105)71(51-59)93(13,14)15)89(113-81(101)41-35-61-47-67(29-5)87(107)73(53-61)95(19,20)21)90(114-82(102)42-36-62-48-68(30-6)88(108)74(54-62)96(22,23)24)76(112-80(100)40-34-60-46-66(28-4)86(106)72(52-60)94(16,17)18)56-110-78(98)38-32-58-44-64(26-2)84(104)70(50-58)92(10,11)12/h43-54,75-76,89-90,103-108H,25-42,55-56H2,1-24H3/t75-,76+,89-,90-/m1/s1. The highest BCUT2D eigenvalue weighted by atomic mass is 16.6. The predicted molar refractivity (Wildman–Crippen MR) is 448 cm³/mol. The summed E-state index contributed by atoms with van der Waals surface area (Å²) in [6.45, 7) is 45.2. The maximum atomic E-state index is 15.5. The van der Waals surface area contributed by atoms with E-state index in [4.69, 9.17) is 28.4 Å². The van der Waals surface area contributed by atoms with Crippen LogP contribution in [-0.4, -0.2) is 104 Å². The van der Waals surface area contributed by atoms with Crippen molar-refractivity contribution in [1.29, 1.82) is 0 Å². The van der Waals surface area contributed by atoms with E-state index in [1.165, 1.54) is 0 Å². The highest BCUT2D eigenvalue weighted by Crippen LogP contribution is 2.42. The third-order valence-electron chi connectivity index (χ3n) is 21.3. The number of carbonyl (C=O) groups is 6. The molecule has 0 aliphatic carbocycles. The molecule has 4 atom stereocenters. The quantitative estimate of drug-likeness (QED) is 0.0159. The summed E-state index contributed by atoms with van der Waals surface area (Å²) >= 11 is 0. The number of aryl methyl sites for hydroxylation is 12. The zero-order valence-electron chi connectivity index (χ0n) is 73.0. The molecule has 0 heterocycles. The maximum Gasteiger partial charge on any atom is 0.306 e. The second-order valence-electron chi connectivity index (χ2n) is 36.9. The number of esters is 6. The van der Waals surface area contributed by atoms with Crippen LogP contribution in [0.4, 0.5) is 0 Å². The zero-order chi connectivity index (χ0) is 85.5. The fraction of sp³-hybridized carbons (Fsp3) is 0.562. The smallest absolute Gasteiger partial charge is 0.306 e.